The summed E-state index contributed by atoms with van der Waals surface area (Å²) in [6.07, 6.45) is -5.55. The smallest absolute Gasteiger partial charge is 0.416 e. The number of halogens is 8. The van der Waals surface area contributed by atoms with Crippen molar-refractivity contribution in [1.82, 2.24) is 9.88 Å². The first-order valence-corrected chi connectivity index (χ1v) is 16.2. The molecule has 0 fully saturated rings. The molecule has 3 aromatic carbocycles. The Morgan fingerprint density at radius 3 is 2.34 bits per heavy atom. The molecule has 0 aliphatic carbocycles. The first-order valence-electron chi connectivity index (χ1n) is 14.1. The van der Waals surface area contributed by atoms with Gasteiger partial charge in [0.05, 0.1) is 40.7 Å². The van der Waals surface area contributed by atoms with Gasteiger partial charge in [-0.2, -0.15) is 22.0 Å². The number of carbonyl (C=O) groups is 1. The maximum absolute atomic E-state index is 15.7. The van der Waals surface area contributed by atoms with Crippen molar-refractivity contribution in [2.24, 2.45) is 0 Å². The van der Waals surface area contributed by atoms with Gasteiger partial charge in [-0.15, -0.1) is 11.8 Å². The molecule has 0 radical (unpaired) electrons. The van der Waals surface area contributed by atoms with Crippen LogP contribution in [0.4, 0.5) is 30.7 Å². The molecule has 5 rings (SSSR count). The van der Waals surface area contributed by atoms with Crippen molar-refractivity contribution in [1.29, 1.82) is 0 Å². The maximum atomic E-state index is 15.7. The molecular formula is C33H26BrF7N2O3S. The number of fused-ring (bicyclic) bond motifs is 1. The summed E-state index contributed by atoms with van der Waals surface area (Å²) >= 11 is 3.68. The van der Waals surface area contributed by atoms with E-state index in [-0.39, 0.29) is 38.8 Å². The third-order valence-corrected chi connectivity index (χ3v) is 9.95. The van der Waals surface area contributed by atoms with Crippen LogP contribution in [0.1, 0.15) is 39.9 Å². The molecule has 47 heavy (non-hydrogen) atoms. The number of nitrogens with one attached hydrogen (secondary N) is 1. The van der Waals surface area contributed by atoms with Crippen LogP contribution in [0.5, 0.6) is 5.75 Å². The van der Waals surface area contributed by atoms with E-state index >= 15 is 8.78 Å². The molecule has 1 amide bonds. The third kappa shape index (κ3) is 6.54. The second-order valence-corrected chi connectivity index (χ2v) is 12.4. The summed E-state index contributed by atoms with van der Waals surface area (Å²) in [5.74, 6) is -7.70. The Bertz CT molecular complexity index is 1880. The Hall–Kier alpha value is -3.78. The zero-order valence-corrected chi connectivity index (χ0v) is 27.1. The van der Waals surface area contributed by atoms with Crippen molar-refractivity contribution in [3.8, 4) is 16.9 Å². The lowest BCUT2D eigenvalue weighted by atomic mass is 9.91. The van der Waals surface area contributed by atoms with Crippen molar-refractivity contribution in [3.63, 3.8) is 0 Å². The quantitative estimate of drug-likeness (QED) is 0.139. The number of rotatable bonds is 9. The van der Waals surface area contributed by atoms with Crippen LogP contribution in [0.2, 0.25) is 0 Å². The Labute approximate surface area is 277 Å². The van der Waals surface area contributed by atoms with Crippen LogP contribution in [0, 0.1) is 18.6 Å². The number of hydrogen-bond donors (Lipinski definition) is 1. The van der Waals surface area contributed by atoms with Crippen LogP contribution in [-0.4, -0.2) is 34.6 Å². The van der Waals surface area contributed by atoms with Gasteiger partial charge in [-0.05, 0) is 41.8 Å². The number of aromatic nitrogens is 1. The molecule has 1 aliphatic heterocycles. The van der Waals surface area contributed by atoms with Gasteiger partial charge < -0.3 is 10.1 Å². The molecule has 14 heteroatoms. The van der Waals surface area contributed by atoms with Gasteiger partial charge in [0.25, 0.3) is 11.5 Å². The number of nitrogens with zero attached hydrogens (tertiary/aromatic N) is 1. The van der Waals surface area contributed by atoms with Crippen molar-refractivity contribution in [2.75, 3.05) is 18.2 Å². The average Bonchev–Trinajstić information content (AvgIpc) is 3.48. The minimum absolute atomic E-state index is 0.00878. The zero-order chi connectivity index (χ0) is 34.3. The minimum atomic E-state index is -4.92. The number of carbonyl (C=O) groups excluding carboxylic acids is 1. The second kappa shape index (κ2) is 13.4. The first-order chi connectivity index (χ1) is 22.2. The number of benzene rings is 3. The van der Waals surface area contributed by atoms with Gasteiger partial charge in [0.2, 0.25) is 0 Å². The highest BCUT2D eigenvalue weighted by Crippen LogP contribution is 2.45. The Morgan fingerprint density at radius 2 is 1.70 bits per heavy atom. The Kier molecular flexibility index (Phi) is 9.84. The van der Waals surface area contributed by atoms with Gasteiger partial charge in [0, 0.05) is 23.3 Å². The number of thioether (sulfide) groups is 1. The fourth-order valence-electron chi connectivity index (χ4n) is 5.71. The number of methoxy groups -OCH3 is 1. The predicted octanol–water partition coefficient (Wildman–Crippen LogP) is 8.25. The topological polar surface area (TPSA) is 60.3 Å². The van der Waals surface area contributed by atoms with Gasteiger partial charge in [-0.3, -0.25) is 14.2 Å². The maximum Gasteiger partial charge on any atom is 0.416 e. The lowest BCUT2D eigenvalue weighted by Gasteiger charge is -2.29. The summed E-state index contributed by atoms with van der Waals surface area (Å²) in [6.45, 7) is 1.43. The van der Waals surface area contributed by atoms with Crippen molar-refractivity contribution < 1.29 is 40.3 Å². The fraction of sp³-hybridized carbons (Fsp3) is 0.273. The second-order valence-electron chi connectivity index (χ2n) is 10.8. The number of ether oxygens (including phenoxy) is 1. The SMILES string of the molecule is COc1cccc(-c2c(C)c(Cc3c(F)cccc3C(F)(F)F)c3n(c2=O)C(C(NC(=O)C(F)(F)CBr)c2ccccc2)CS3)c1F. The molecule has 1 N–H and O–H groups in total. The summed E-state index contributed by atoms with van der Waals surface area (Å²) < 4.78 is 108. The fourth-order valence-corrected chi connectivity index (χ4v) is 7.39. The number of pyridine rings is 1. The summed E-state index contributed by atoms with van der Waals surface area (Å²) in [4.78, 5) is 27.2. The van der Waals surface area contributed by atoms with Gasteiger partial charge in [-0.25, -0.2) is 8.78 Å². The van der Waals surface area contributed by atoms with E-state index in [2.05, 4.69) is 21.2 Å². The molecule has 1 aliphatic rings. The third-order valence-electron chi connectivity index (χ3n) is 8.02. The number of alkyl halides is 6. The van der Waals surface area contributed by atoms with E-state index in [0.29, 0.717) is 5.56 Å². The summed E-state index contributed by atoms with van der Waals surface area (Å²) in [5.41, 5.74) is -2.58. The highest BCUT2D eigenvalue weighted by atomic mass is 79.9. The molecule has 0 saturated heterocycles. The lowest BCUT2D eigenvalue weighted by molar-refractivity contribution is -0.143. The van der Waals surface area contributed by atoms with E-state index in [1.807, 2.05) is 0 Å². The minimum Gasteiger partial charge on any atom is -0.494 e. The average molecular weight is 744 g/mol. The summed E-state index contributed by atoms with van der Waals surface area (Å²) in [7, 11) is 1.22. The molecule has 5 nitrogen and oxygen atoms in total. The molecular weight excluding hydrogens is 717 g/mol. The lowest BCUT2D eigenvalue weighted by Crippen LogP contribution is -2.46. The normalized spacial score (nSPS) is 15.3. The highest BCUT2D eigenvalue weighted by molar-refractivity contribution is 9.09. The van der Waals surface area contributed by atoms with Crippen LogP contribution >= 0.6 is 27.7 Å². The predicted molar refractivity (Wildman–Crippen MR) is 167 cm³/mol. The van der Waals surface area contributed by atoms with Crippen LogP contribution in [0.25, 0.3) is 11.1 Å². The Balaban J connectivity index is 1.80. The van der Waals surface area contributed by atoms with Crippen LogP contribution < -0.4 is 15.6 Å². The van der Waals surface area contributed by atoms with Gasteiger partial charge in [0.1, 0.15) is 5.82 Å². The van der Waals surface area contributed by atoms with Gasteiger partial charge in [-0.1, -0.05) is 64.5 Å². The van der Waals surface area contributed by atoms with Crippen molar-refractivity contribution in [3.05, 3.63) is 117 Å². The zero-order valence-electron chi connectivity index (χ0n) is 24.7. The van der Waals surface area contributed by atoms with E-state index in [1.165, 1.54) is 36.8 Å². The van der Waals surface area contributed by atoms with E-state index in [9.17, 15) is 31.5 Å². The highest BCUT2D eigenvalue weighted by Gasteiger charge is 2.43. The molecule has 0 spiro atoms. The molecule has 2 unspecified atom stereocenters. The molecule has 248 valence electrons. The molecule has 0 saturated carbocycles. The molecule has 1 aromatic heterocycles. The standard InChI is InChI=1S/C33H26BrF7N2O3S/c1-17-20(14-21-22(33(39,40)41)11-7-12-23(21)35)30-43(29(44)26(17)19-10-6-13-25(46-2)27(19)36)24(15-47-30)28(18-8-4-3-5-9-18)42-31(45)32(37,38)16-34/h3-13,24,28H,14-16H2,1-2H3,(H,42,45). The first kappa shape index (κ1) is 34.6. The number of hydrogen-bond acceptors (Lipinski definition) is 4. The van der Waals surface area contributed by atoms with Crippen molar-refractivity contribution in [2.45, 2.75) is 42.6 Å². The van der Waals surface area contributed by atoms with E-state index < -0.39 is 70.2 Å². The van der Waals surface area contributed by atoms with Crippen LogP contribution in [-0.2, 0) is 17.4 Å². The summed E-state index contributed by atoms with van der Waals surface area (Å²) in [6, 6.07) is 12.3. The van der Waals surface area contributed by atoms with Crippen LogP contribution in [0.3, 0.4) is 0 Å². The largest absolute Gasteiger partial charge is 0.494 e. The molecule has 4 aromatic rings. The van der Waals surface area contributed by atoms with Crippen molar-refractivity contribution >= 4 is 33.6 Å². The molecule has 0 bridgehead atoms. The van der Waals surface area contributed by atoms with E-state index in [4.69, 9.17) is 4.74 Å². The van der Waals surface area contributed by atoms with E-state index in [1.54, 1.807) is 30.3 Å². The number of amides is 1. The van der Waals surface area contributed by atoms with Gasteiger partial charge in [0.15, 0.2) is 11.6 Å². The molecule has 2 atom stereocenters. The Morgan fingerprint density at radius 1 is 1.02 bits per heavy atom. The van der Waals surface area contributed by atoms with E-state index in [0.717, 1.165) is 30.0 Å². The van der Waals surface area contributed by atoms with Crippen LogP contribution in [0.15, 0.2) is 76.6 Å². The summed E-state index contributed by atoms with van der Waals surface area (Å²) in [5, 5.41) is 1.52. The van der Waals surface area contributed by atoms with Gasteiger partial charge >= 0.3 is 12.1 Å². The monoisotopic (exact) mass is 742 g/mol. The molecule has 2 heterocycles.